The second-order valence-corrected chi connectivity index (χ2v) is 9.36. The average Bonchev–Trinajstić information content (AvgIpc) is 3.32. The van der Waals surface area contributed by atoms with Crippen LogP contribution in [0.3, 0.4) is 0 Å². The lowest BCUT2D eigenvalue weighted by atomic mass is 10.0. The average molecular weight is 530 g/mol. The van der Waals surface area contributed by atoms with Gasteiger partial charge >= 0.3 is 5.97 Å². The van der Waals surface area contributed by atoms with Crippen molar-refractivity contribution in [3.05, 3.63) is 64.7 Å². The number of hydrogen-bond donors (Lipinski definition) is 2. The van der Waals surface area contributed by atoms with Gasteiger partial charge in [0.05, 0.1) is 24.2 Å². The number of nitrogens with zero attached hydrogens (tertiary/aromatic N) is 1. The lowest BCUT2D eigenvalue weighted by Crippen LogP contribution is -2.33. The van der Waals surface area contributed by atoms with E-state index in [1.807, 2.05) is 30.3 Å². The highest BCUT2D eigenvalue weighted by atomic mass is 32.2. The Morgan fingerprint density at radius 2 is 1.81 bits per heavy atom. The standard InChI is InChI=1S/C25H27N3O6S2/c1-3-33-20(29)9-10-27-22(30)17-13-18(23(31)26-2)21(34-15-16-7-5-4-6-8-16)19(14-17)24(32)28-11-12-36-25(28)35/h4-8,13-14H,3,9-12,15H2,1-2H3,(H,26,31)(H,27,30). The fourth-order valence-electron chi connectivity index (χ4n) is 3.44. The molecule has 1 aliphatic rings. The van der Waals surface area contributed by atoms with Crippen LogP contribution in [0.5, 0.6) is 5.75 Å². The highest BCUT2D eigenvalue weighted by Gasteiger charge is 2.31. The van der Waals surface area contributed by atoms with Gasteiger partial charge in [0, 0.05) is 31.5 Å². The third kappa shape index (κ3) is 6.82. The number of carbonyl (C=O) groups excluding carboxylic acids is 4. The van der Waals surface area contributed by atoms with Gasteiger partial charge in [0.25, 0.3) is 17.7 Å². The van der Waals surface area contributed by atoms with Gasteiger partial charge in [0.2, 0.25) is 0 Å². The second-order valence-electron chi connectivity index (χ2n) is 7.64. The number of amides is 3. The Hall–Kier alpha value is -3.44. The van der Waals surface area contributed by atoms with Crippen LogP contribution in [-0.2, 0) is 16.1 Å². The molecule has 0 aliphatic carbocycles. The molecule has 0 atom stereocenters. The molecule has 1 aliphatic heterocycles. The summed E-state index contributed by atoms with van der Waals surface area (Å²) in [5, 5.41) is 5.16. The fourth-order valence-corrected chi connectivity index (χ4v) is 4.65. The molecule has 9 nitrogen and oxygen atoms in total. The predicted octanol–water partition coefficient (Wildman–Crippen LogP) is 2.78. The van der Waals surface area contributed by atoms with Crippen molar-refractivity contribution >= 4 is 52.0 Å². The predicted molar refractivity (Wildman–Crippen MR) is 140 cm³/mol. The largest absolute Gasteiger partial charge is 0.487 e. The Kier molecular flexibility index (Phi) is 9.83. The van der Waals surface area contributed by atoms with Crippen molar-refractivity contribution in [2.24, 2.45) is 0 Å². The van der Waals surface area contributed by atoms with Crippen molar-refractivity contribution in [3.63, 3.8) is 0 Å². The third-order valence-electron chi connectivity index (χ3n) is 5.21. The summed E-state index contributed by atoms with van der Waals surface area (Å²) in [7, 11) is 1.45. The molecule has 190 valence electrons. The number of thioether (sulfide) groups is 1. The molecule has 0 unspecified atom stereocenters. The van der Waals surface area contributed by atoms with Crippen LogP contribution in [0, 0.1) is 0 Å². The summed E-state index contributed by atoms with van der Waals surface area (Å²) in [6.45, 7) is 2.49. The van der Waals surface area contributed by atoms with E-state index in [0.29, 0.717) is 16.6 Å². The number of carbonyl (C=O) groups is 4. The molecule has 2 aromatic rings. The number of ether oxygens (including phenoxy) is 2. The van der Waals surface area contributed by atoms with Gasteiger partial charge in [-0.15, -0.1) is 0 Å². The first-order valence-corrected chi connectivity index (χ1v) is 12.7. The molecule has 0 spiro atoms. The van der Waals surface area contributed by atoms with E-state index in [4.69, 9.17) is 21.7 Å². The number of hydrogen-bond acceptors (Lipinski definition) is 8. The minimum atomic E-state index is -0.550. The second kappa shape index (κ2) is 13.0. The molecule has 36 heavy (non-hydrogen) atoms. The van der Waals surface area contributed by atoms with E-state index in [1.54, 1.807) is 6.92 Å². The molecule has 3 amide bonds. The number of benzene rings is 2. The normalized spacial score (nSPS) is 12.7. The Bertz CT molecular complexity index is 1160. The van der Waals surface area contributed by atoms with E-state index >= 15 is 0 Å². The Balaban J connectivity index is 1.98. The minimum absolute atomic E-state index is 0.00872. The van der Waals surface area contributed by atoms with Crippen molar-refractivity contribution in [3.8, 4) is 5.75 Å². The smallest absolute Gasteiger partial charge is 0.307 e. The maximum atomic E-state index is 13.5. The van der Waals surface area contributed by atoms with Crippen molar-refractivity contribution in [2.75, 3.05) is 32.5 Å². The van der Waals surface area contributed by atoms with Crippen LogP contribution in [0.4, 0.5) is 0 Å². The molecular weight excluding hydrogens is 502 g/mol. The van der Waals surface area contributed by atoms with Crippen LogP contribution in [0.1, 0.15) is 50.0 Å². The van der Waals surface area contributed by atoms with Gasteiger partial charge < -0.3 is 20.1 Å². The molecule has 2 N–H and O–H groups in total. The molecule has 1 heterocycles. The quantitative estimate of drug-likeness (QED) is 0.357. The minimum Gasteiger partial charge on any atom is -0.487 e. The Labute approximate surface area is 218 Å². The van der Waals surface area contributed by atoms with E-state index in [1.165, 1.54) is 35.8 Å². The van der Waals surface area contributed by atoms with Gasteiger partial charge in [-0.2, -0.15) is 0 Å². The van der Waals surface area contributed by atoms with E-state index in [-0.39, 0.29) is 48.6 Å². The summed E-state index contributed by atoms with van der Waals surface area (Å²) in [6, 6.07) is 12.1. The van der Waals surface area contributed by atoms with Crippen LogP contribution in [0.15, 0.2) is 42.5 Å². The first kappa shape index (κ1) is 27.2. The zero-order chi connectivity index (χ0) is 26.1. The summed E-state index contributed by atoms with van der Waals surface area (Å²) in [4.78, 5) is 52.3. The summed E-state index contributed by atoms with van der Waals surface area (Å²) < 4.78 is 11.3. The maximum absolute atomic E-state index is 13.5. The highest BCUT2D eigenvalue weighted by molar-refractivity contribution is 8.23. The number of rotatable bonds is 10. The molecule has 11 heteroatoms. The molecule has 0 bridgehead atoms. The number of nitrogens with one attached hydrogen (secondary N) is 2. The molecule has 1 fully saturated rings. The first-order valence-electron chi connectivity index (χ1n) is 11.3. The molecule has 1 saturated heterocycles. The van der Waals surface area contributed by atoms with E-state index < -0.39 is 23.7 Å². The maximum Gasteiger partial charge on any atom is 0.307 e. The zero-order valence-corrected chi connectivity index (χ0v) is 21.6. The Morgan fingerprint density at radius 3 is 2.44 bits per heavy atom. The molecule has 0 radical (unpaired) electrons. The monoisotopic (exact) mass is 529 g/mol. The van der Waals surface area contributed by atoms with Gasteiger partial charge in [0.15, 0.2) is 0 Å². The Morgan fingerprint density at radius 1 is 1.08 bits per heavy atom. The van der Waals surface area contributed by atoms with Crippen molar-refractivity contribution in [1.29, 1.82) is 0 Å². The van der Waals surface area contributed by atoms with Gasteiger partial charge in [-0.25, -0.2) is 0 Å². The zero-order valence-electron chi connectivity index (χ0n) is 20.0. The molecule has 0 aromatic heterocycles. The molecule has 2 aromatic carbocycles. The van der Waals surface area contributed by atoms with Gasteiger partial charge in [0.1, 0.15) is 16.7 Å². The summed E-state index contributed by atoms with van der Waals surface area (Å²) >= 11 is 6.70. The van der Waals surface area contributed by atoms with Crippen LogP contribution in [-0.4, -0.2) is 65.4 Å². The summed E-state index contributed by atoms with van der Waals surface area (Å²) in [5.74, 6) is -1.26. The van der Waals surface area contributed by atoms with E-state index in [2.05, 4.69) is 10.6 Å². The fraction of sp³-hybridized carbons (Fsp3) is 0.320. The lowest BCUT2D eigenvalue weighted by molar-refractivity contribution is -0.142. The molecule has 3 rings (SSSR count). The number of thiocarbonyl (C=S) groups is 1. The lowest BCUT2D eigenvalue weighted by Gasteiger charge is -2.20. The summed E-state index contributed by atoms with van der Waals surface area (Å²) in [5.41, 5.74) is 0.998. The van der Waals surface area contributed by atoms with Crippen molar-refractivity contribution in [1.82, 2.24) is 15.5 Å². The van der Waals surface area contributed by atoms with Crippen LogP contribution in [0.2, 0.25) is 0 Å². The van der Waals surface area contributed by atoms with Crippen LogP contribution < -0.4 is 15.4 Å². The first-order chi connectivity index (χ1) is 17.3. The molecular formula is C25H27N3O6S2. The van der Waals surface area contributed by atoms with Crippen LogP contribution in [0.25, 0.3) is 0 Å². The van der Waals surface area contributed by atoms with Crippen LogP contribution >= 0.6 is 24.0 Å². The number of esters is 1. The molecule has 0 saturated carbocycles. The summed E-state index contributed by atoms with van der Waals surface area (Å²) in [6.07, 6.45) is -0.00872. The van der Waals surface area contributed by atoms with Gasteiger partial charge in [-0.1, -0.05) is 54.3 Å². The van der Waals surface area contributed by atoms with Crippen molar-refractivity contribution in [2.45, 2.75) is 20.0 Å². The third-order valence-corrected chi connectivity index (χ3v) is 6.63. The van der Waals surface area contributed by atoms with Gasteiger partial charge in [-0.05, 0) is 24.6 Å². The topological polar surface area (TPSA) is 114 Å². The van der Waals surface area contributed by atoms with Gasteiger partial charge in [-0.3, -0.25) is 24.1 Å². The SMILES string of the molecule is CCOC(=O)CCNC(=O)c1cc(C(=O)NC)c(OCc2ccccc2)c(C(=O)N2CCSC2=S)c1. The van der Waals surface area contributed by atoms with Crippen molar-refractivity contribution < 1.29 is 28.7 Å². The highest BCUT2D eigenvalue weighted by Crippen LogP contribution is 2.31. The van der Waals surface area contributed by atoms with E-state index in [9.17, 15) is 19.2 Å². The van der Waals surface area contributed by atoms with E-state index in [0.717, 1.165) is 5.56 Å².